The van der Waals surface area contributed by atoms with Crippen molar-refractivity contribution in [1.82, 2.24) is 4.98 Å². The van der Waals surface area contributed by atoms with Gasteiger partial charge in [0, 0.05) is 23.5 Å². The van der Waals surface area contributed by atoms with Gasteiger partial charge >= 0.3 is 0 Å². The summed E-state index contributed by atoms with van der Waals surface area (Å²) >= 11 is 0. The van der Waals surface area contributed by atoms with Crippen LogP contribution in [0.1, 0.15) is 0 Å². The molecule has 2 aromatic carbocycles. The van der Waals surface area contributed by atoms with Crippen LogP contribution in [-0.2, 0) is 4.79 Å². The van der Waals surface area contributed by atoms with E-state index in [-0.39, 0.29) is 30.5 Å². The first-order valence-electron chi connectivity index (χ1n) is 9.18. The Kier molecular flexibility index (Phi) is 4.20. The van der Waals surface area contributed by atoms with Crippen molar-refractivity contribution in [2.75, 3.05) is 28.7 Å². The molecule has 8 nitrogen and oxygen atoms in total. The lowest BCUT2D eigenvalue weighted by Crippen LogP contribution is -2.39. The van der Waals surface area contributed by atoms with E-state index < -0.39 is 5.82 Å². The number of amides is 1. The van der Waals surface area contributed by atoms with Gasteiger partial charge in [-0.3, -0.25) is 14.7 Å². The van der Waals surface area contributed by atoms with E-state index in [2.05, 4.69) is 20.6 Å². The molecule has 2 aliphatic heterocycles. The van der Waals surface area contributed by atoms with E-state index in [1.165, 1.54) is 17.0 Å². The molecular weight excluding hydrogens is 389 g/mol. The number of hydrogen-bond donors (Lipinski definition) is 3. The molecule has 3 heterocycles. The number of nitrogens with zero attached hydrogens (tertiary/aromatic N) is 3. The molecule has 0 saturated heterocycles. The Balaban J connectivity index is 1.42. The first-order chi connectivity index (χ1) is 14.6. The Morgan fingerprint density at radius 2 is 1.97 bits per heavy atom. The van der Waals surface area contributed by atoms with Crippen LogP contribution in [0, 0.1) is 5.82 Å². The topological polar surface area (TPSA) is 99.1 Å². The number of carbonyl (C=O) groups excluding carboxylic acids is 1. The fourth-order valence-electron chi connectivity index (χ4n) is 3.35. The minimum atomic E-state index is -0.537. The van der Waals surface area contributed by atoms with Crippen molar-refractivity contribution < 1.29 is 19.0 Å². The molecule has 0 atom stereocenters. The van der Waals surface area contributed by atoms with Gasteiger partial charge in [-0.15, -0.1) is 0 Å². The molecule has 3 aromatic rings. The van der Waals surface area contributed by atoms with Gasteiger partial charge in [0.15, 0.2) is 5.82 Å². The van der Waals surface area contributed by atoms with Crippen LogP contribution >= 0.6 is 0 Å². The van der Waals surface area contributed by atoms with Gasteiger partial charge in [0.1, 0.15) is 36.3 Å². The van der Waals surface area contributed by atoms with Crippen molar-refractivity contribution in [2.45, 2.75) is 0 Å². The van der Waals surface area contributed by atoms with Gasteiger partial charge in [0.25, 0.3) is 5.91 Å². The van der Waals surface area contributed by atoms with Gasteiger partial charge in [0.05, 0.1) is 17.6 Å². The van der Waals surface area contributed by atoms with Gasteiger partial charge < -0.3 is 20.5 Å². The highest BCUT2D eigenvalue weighted by Crippen LogP contribution is 2.37. The summed E-state index contributed by atoms with van der Waals surface area (Å²) in [6, 6.07) is 13.2. The smallest absolute Gasteiger partial charge is 0.254 e. The van der Waals surface area contributed by atoms with Crippen molar-refractivity contribution in [3.63, 3.8) is 0 Å². The number of carbonyl (C=O) groups is 1. The molecule has 0 saturated carbocycles. The zero-order valence-electron chi connectivity index (χ0n) is 15.6. The molecule has 0 aliphatic carbocycles. The number of phenolic OH excluding ortho intramolecular Hbond substituents is 1. The number of nitrogens with one attached hydrogen (secondary N) is 2. The fraction of sp³-hybridized carbons (Fsp3) is 0.0952. The molecule has 30 heavy (non-hydrogen) atoms. The predicted octanol–water partition coefficient (Wildman–Crippen LogP) is 3.55. The highest BCUT2D eigenvalue weighted by molar-refractivity contribution is 6.23. The molecular formula is C21H16FN5O3. The van der Waals surface area contributed by atoms with Crippen LogP contribution < -0.4 is 20.3 Å². The van der Waals surface area contributed by atoms with E-state index in [4.69, 9.17) is 4.74 Å². The Hall–Kier alpha value is -4.14. The first kappa shape index (κ1) is 17.9. The number of amidine groups is 1. The summed E-state index contributed by atoms with van der Waals surface area (Å²) in [6.45, 7) is 0.341. The number of phenols is 1. The third-order valence-electron chi connectivity index (χ3n) is 4.71. The number of rotatable bonds is 4. The molecule has 5 rings (SSSR count). The summed E-state index contributed by atoms with van der Waals surface area (Å²) < 4.78 is 20.0. The molecule has 3 N–H and O–H groups in total. The van der Waals surface area contributed by atoms with Crippen LogP contribution in [0.15, 0.2) is 59.7 Å². The van der Waals surface area contributed by atoms with E-state index in [1.807, 2.05) is 0 Å². The van der Waals surface area contributed by atoms with E-state index in [0.29, 0.717) is 34.5 Å². The third kappa shape index (κ3) is 3.26. The summed E-state index contributed by atoms with van der Waals surface area (Å²) in [6.07, 6.45) is 1.10. The molecule has 1 aromatic heterocycles. The second-order valence-electron chi connectivity index (χ2n) is 6.78. The summed E-state index contributed by atoms with van der Waals surface area (Å²) in [4.78, 5) is 21.9. The molecule has 2 aliphatic rings. The molecule has 0 bridgehead atoms. The molecule has 0 fully saturated rings. The maximum absolute atomic E-state index is 14.4. The average molecular weight is 405 g/mol. The Bertz CT molecular complexity index is 1200. The molecule has 0 spiro atoms. The lowest BCUT2D eigenvalue weighted by atomic mass is 10.2. The number of ether oxygens (including phenoxy) is 1. The zero-order chi connectivity index (χ0) is 20.7. The van der Waals surface area contributed by atoms with E-state index in [0.717, 1.165) is 6.20 Å². The van der Waals surface area contributed by atoms with Gasteiger partial charge in [-0.25, -0.2) is 9.37 Å². The van der Waals surface area contributed by atoms with E-state index in [9.17, 15) is 14.3 Å². The summed E-state index contributed by atoms with van der Waals surface area (Å²) in [5, 5.41) is 15.6. The Labute approximate surface area is 170 Å². The first-order valence-corrected chi connectivity index (χ1v) is 9.18. The van der Waals surface area contributed by atoms with Crippen LogP contribution in [-0.4, -0.2) is 35.0 Å². The van der Waals surface area contributed by atoms with Crippen molar-refractivity contribution in [1.29, 1.82) is 0 Å². The van der Waals surface area contributed by atoms with Crippen molar-refractivity contribution in [2.24, 2.45) is 4.99 Å². The van der Waals surface area contributed by atoms with Crippen LogP contribution in [0.4, 0.5) is 33.0 Å². The van der Waals surface area contributed by atoms with Crippen LogP contribution in [0.3, 0.4) is 0 Å². The number of anilines is 5. The Morgan fingerprint density at radius 1 is 1.10 bits per heavy atom. The van der Waals surface area contributed by atoms with Gasteiger partial charge in [0.2, 0.25) is 0 Å². The summed E-state index contributed by atoms with van der Waals surface area (Å²) in [7, 11) is 0. The minimum absolute atomic E-state index is 0.0961. The van der Waals surface area contributed by atoms with E-state index in [1.54, 1.807) is 36.4 Å². The maximum Gasteiger partial charge on any atom is 0.254 e. The zero-order valence-corrected chi connectivity index (χ0v) is 15.6. The Morgan fingerprint density at radius 3 is 2.83 bits per heavy atom. The fourth-order valence-corrected chi connectivity index (χ4v) is 3.35. The summed E-state index contributed by atoms with van der Waals surface area (Å²) in [5.41, 5.74) is 1.96. The maximum atomic E-state index is 14.4. The van der Waals surface area contributed by atoms with Crippen molar-refractivity contribution >= 4 is 40.3 Å². The average Bonchev–Trinajstić information content (AvgIpc) is 3.12. The standard InChI is InChI=1S/C21H16FN5O3/c22-15-9-23-19(26-12-2-1-3-14(28)6-12)8-16(15)25-13-4-5-18-17(7-13)27-20(11-30-18)24-10-21(27)29/h1-9,28H,10-11H2,(H2,23,25,26). The molecule has 150 valence electrons. The van der Waals surface area contributed by atoms with Crippen LogP contribution in [0.25, 0.3) is 0 Å². The molecule has 0 unspecified atom stereocenters. The van der Waals surface area contributed by atoms with Gasteiger partial charge in [-0.05, 0) is 30.3 Å². The number of aliphatic imine (C=N–C) groups is 1. The highest BCUT2D eigenvalue weighted by Gasteiger charge is 2.33. The van der Waals surface area contributed by atoms with Crippen molar-refractivity contribution in [3.8, 4) is 11.5 Å². The van der Waals surface area contributed by atoms with Gasteiger partial charge in [-0.2, -0.15) is 0 Å². The lowest BCUT2D eigenvalue weighted by Gasteiger charge is -2.27. The monoisotopic (exact) mass is 405 g/mol. The number of halogens is 1. The summed E-state index contributed by atoms with van der Waals surface area (Å²) in [5.74, 6) is 0.976. The van der Waals surface area contributed by atoms with Gasteiger partial charge in [-0.1, -0.05) is 6.07 Å². The number of benzene rings is 2. The minimum Gasteiger partial charge on any atom is -0.508 e. The number of hydrogen-bond acceptors (Lipinski definition) is 7. The second-order valence-corrected chi connectivity index (χ2v) is 6.78. The number of aromatic hydroxyl groups is 1. The van der Waals surface area contributed by atoms with Crippen molar-refractivity contribution in [3.05, 3.63) is 60.5 Å². The lowest BCUT2D eigenvalue weighted by molar-refractivity contribution is -0.115. The third-order valence-corrected chi connectivity index (χ3v) is 4.71. The van der Waals surface area contributed by atoms with E-state index >= 15 is 0 Å². The largest absolute Gasteiger partial charge is 0.508 e. The van der Waals surface area contributed by atoms with Crippen LogP contribution in [0.2, 0.25) is 0 Å². The normalized spacial score (nSPS) is 14.5. The molecule has 0 radical (unpaired) electrons. The molecule has 9 heteroatoms. The number of fused-ring (bicyclic) bond motifs is 3. The predicted molar refractivity (Wildman–Crippen MR) is 111 cm³/mol. The highest BCUT2D eigenvalue weighted by atomic mass is 19.1. The molecule has 1 amide bonds. The van der Waals surface area contributed by atoms with Crippen LogP contribution in [0.5, 0.6) is 11.5 Å². The second kappa shape index (κ2) is 7.03. The number of aromatic nitrogens is 1. The quantitative estimate of drug-likeness (QED) is 0.614. The number of pyridine rings is 1. The SMILES string of the molecule is O=C1CN=C2COc3ccc(Nc4cc(Nc5cccc(O)c5)ncc4F)cc3N12.